The Labute approximate surface area is 132 Å². The molecule has 0 spiro atoms. The summed E-state index contributed by atoms with van der Waals surface area (Å²) in [5, 5.41) is 11.1. The number of fused-ring (bicyclic) bond motifs is 1. The molecule has 0 fully saturated rings. The van der Waals surface area contributed by atoms with E-state index in [-0.39, 0.29) is 24.3 Å². The minimum Gasteiger partial charge on any atom is -0.454 e. The van der Waals surface area contributed by atoms with E-state index in [4.69, 9.17) is 13.9 Å². The fourth-order valence-corrected chi connectivity index (χ4v) is 2.28. The minimum absolute atomic E-state index is 0.0619. The maximum Gasteiger partial charge on any atom is 0.435 e. The van der Waals surface area contributed by atoms with Crippen LogP contribution in [0.2, 0.25) is 0 Å². The molecule has 0 radical (unpaired) electrons. The van der Waals surface area contributed by atoms with Gasteiger partial charge in [-0.05, 0) is 18.2 Å². The molecule has 0 atom stereocenters. The number of hydrogen-bond donors (Lipinski definition) is 0. The summed E-state index contributed by atoms with van der Waals surface area (Å²) in [6.07, 6.45) is -4.55. The van der Waals surface area contributed by atoms with Gasteiger partial charge in [-0.3, -0.25) is 4.68 Å². The number of nitrogens with zero attached hydrogens (tertiary/aromatic N) is 4. The van der Waals surface area contributed by atoms with Crippen LogP contribution in [-0.4, -0.2) is 26.8 Å². The first-order valence-electron chi connectivity index (χ1n) is 6.77. The van der Waals surface area contributed by atoms with E-state index < -0.39 is 11.9 Å². The lowest BCUT2D eigenvalue weighted by Gasteiger charge is -1.98. The fraction of sp³-hybridized carbons (Fsp3) is 0.214. The third-order valence-electron chi connectivity index (χ3n) is 3.43. The lowest BCUT2D eigenvalue weighted by atomic mass is 10.2. The van der Waals surface area contributed by atoms with Crippen molar-refractivity contribution >= 4 is 0 Å². The Balaban J connectivity index is 1.69. The summed E-state index contributed by atoms with van der Waals surface area (Å²) in [4.78, 5) is 0. The van der Waals surface area contributed by atoms with E-state index in [2.05, 4.69) is 15.3 Å². The molecule has 4 rings (SSSR count). The van der Waals surface area contributed by atoms with Crippen molar-refractivity contribution in [3.8, 4) is 34.5 Å². The average molecular weight is 338 g/mol. The molecule has 0 unspecified atom stereocenters. The summed E-state index contributed by atoms with van der Waals surface area (Å²) in [6.45, 7) is 0.128. The second kappa shape index (κ2) is 4.98. The number of aromatic nitrogens is 4. The van der Waals surface area contributed by atoms with Gasteiger partial charge in [-0.15, -0.1) is 10.2 Å². The predicted molar refractivity (Wildman–Crippen MR) is 73.1 cm³/mol. The Kier molecular flexibility index (Phi) is 3.02. The summed E-state index contributed by atoms with van der Waals surface area (Å²) in [5.74, 6) is 1.22. The van der Waals surface area contributed by atoms with Gasteiger partial charge in [-0.2, -0.15) is 18.3 Å². The van der Waals surface area contributed by atoms with Crippen LogP contribution in [-0.2, 0) is 13.2 Å². The van der Waals surface area contributed by atoms with E-state index in [1.54, 1.807) is 18.2 Å². The lowest BCUT2D eigenvalue weighted by molar-refractivity contribution is -0.141. The summed E-state index contributed by atoms with van der Waals surface area (Å²) in [7, 11) is 1.37. The van der Waals surface area contributed by atoms with Crippen molar-refractivity contribution < 1.29 is 27.1 Å². The standard InChI is InChI=1S/C14H9F3N4O3/c1-21-8(5-11(20-21)14(15,16)17)13-19-18-12(24-13)7-2-3-9-10(4-7)23-6-22-9/h2-5H,6H2,1H3. The molecule has 1 aliphatic rings. The minimum atomic E-state index is -4.55. The molecule has 3 heterocycles. The maximum atomic E-state index is 12.7. The van der Waals surface area contributed by atoms with Gasteiger partial charge in [-0.25, -0.2) is 0 Å². The molecule has 1 aromatic carbocycles. The Morgan fingerprint density at radius 3 is 2.54 bits per heavy atom. The predicted octanol–water partition coefficient (Wildman–Crippen LogP) is 2.88. The van der Waals surface area contributed by atoms with Gasteiger partial charge in [0.05, 0.1) is 0 Å². The summed E-state index contributed by atoms with van der Waals surface area (Å²) >= 11 is 0. The van der Waals surface area contributed by atoms with Crippen molar-refractivity contribution in [1.29, 1.82) is 0 Å². The largest absolute Gasteiger partial charge is 0.454 e. The molecule has 0 N–H and O–H groups in total. The number of alkyl halides is 3. The Morgan fingerprint density at radius 1 is 1.04 bits per heavy atom. The van der Waals surface area contributed by atoms with Crippen LogP contribution < -0.4 is 9.47 Å². The molecule has 2 aromatic heterocycles. The van der Waals surface area contributed by atoms with E-state index in [0.29, 0.717) is 17.1 Å². The summed E-state index contributed by atoms with van der Waals surface area (Å²) < 4.78 is 55.2. The van der Waals surface area contributed by atoms with Gasteiger partial charge >= 0.3 is 6.18 Å². The first-order valence-corrected chi connectivity index (χ1v) is 6.77. The normalized spacial score (nSPS) is 13.5. The molecule has 0 amide bonds. The molecule has 0 saturated carbocycles. The van der Waals surface area contributed by atoms with Crippen LogP contribution in [0.5, 0.6) is 11.5 Å². The van der Waals surface area contributed by atoms with E-state index in [1.807, 2.05) is 0 Å². The molecular weight excluding hydrogens is 329 g/mol. The highest BCUT2D eigenvalue weighted by molar-refractivity contribution is 5.61. The molecule has 24 heavy (non-hydrogen) atoms. The van der Waals surface area contributed by atoms with E-state index in [1.165, 1.54) is 7.05 Å². The zero-order valence-corrected chi connectivity index (χ0v) is 12.2. The molecular formula is C14H9F3N4O3. The van der Waals surface area contributed by atoms with Gasteiger partial charge < -0.3 is 13.9 Å². The third kappa shape index (κ3) is 2.36. The van der Waals surface area contributed by atoms with Gasteiger partial charge in [0.1, 0.15) is 5.69 Å². The average Bonchev–Trinajstić information content (AvgIpc) is 3.23. The van der Waals surface area contributed by atoms with Crippen molar-refractivity contribution in [2.24, 2.45) is 7.05 Å². The highest BCUT2D eigenvalue weighted by Crippen LogP contribution is 2.36. The first kappa shape index (κ1) is 14.5. The Bertz CT molecular complexity index is 916. The number of halogens is 3. The number of aryl methyl sites for hydroxylation is 1. The summed E-state index contributed by atoms with van der Waals surface area (Å²) in [5.41, 5.74) is -0.388. The second-order valence-corrected chi connectivity index (χ2v) is 5.02. The van der Waals surface area contributed by atoms with Gasteiger partial charge in [0.25, 0.3) is 5.89 Å². The van der Waals surface area contributed by atoms with Crippen molar-refractivity contribution in [3.05, 3.63) is 30.0 Å². The van der Waals surface area contributed by atoms with Gasteiger partial charge in [-0.1, -0.05) is 0 Å². The molecule has 7 nitrogen and oxygen atoms in total. The van der Waals surface area contributed by atoms with Gasteiger partial charge in [0.15, 0.2) is 17.2 Å². The van der Waals surface area contributed by atoms with E-state index >= 15 is 0 Å². The second-order valence-electron chi connectivity index (χ2n) is 5.02. The van der Waals surface area contributed by atoms with Gasteiger partial charge in [0, 0.05) is 18.7 Å². The zero-order chi connectivity index (χ0) is 16.9. The highest BCUT2D eigenvalue weighted by atomic mass is 19.4. The topological polar surface area (TPSA) is 75.2 Å². The molecule has 3 aromatic rings. The molecule has 0 saturated heterocycles. The summed E-state index contributed by atoms with van der Waals surface area (Å²) in [6, 6.07) is 5.89. The molecule has 10 heteroatoms. The Morgan fingerprint density at radius 2 is 1.79 bits per heavy atom. The number of ether oxygens (including phenoxy) is 2. The van der Waals surface area contributed by atoms with E-state index in [0.717, 1.165) is 10.7 Å². The fourth-order valence-electron chi connectivity index (χ4n) is 2.28. The number of hydrogen-bond acceptors (Lipinski definition) is 6. The van der Waals surface area contributed by atoms with Crippen molar-refractivity contribution in [1.82, 2.24) is 20.0 Å². The Hall–Kier alpha value is -3.04. The SMILES string of the molecule is Cn1nc(C(F)(F)F)cc1-c1nnc(-c2ccc3c(c2)OCO3)o1. The number of rotatable bonds is 2. The van der Waals surface area contributed by atoms with Crippen molar-refractivity contribution in [2.45, 2.75) is 6.18 Å². The van der Waals surface area contributed by atoms with Crippen LogP contribution in [0.15, 0.2) is 28.7 Å². The van der Waals surface area contributed by atoms with Gasteiger partial charge in [0.2, 0.25) is 12.7 Å². The van der Waals surface area contributed by atoms with Crippen molar-refractivity contribution in [3.63, 3.8) is 0 Å². The highest BCUT2D eigenvalue weighted by Gasteiger charge is 2.35. The van der Waals surface area contributed by atoms with Crippen LogP contribution >= 0.6 is 0 Å². The van der Waals surface area contributed by atoms with Crippen LogP contribution in [0, 0.1) is 0 Å². The lowest BCUT2D eigenvalue weighted by Crippen LogP contribution is -2.06. The monoisotopic (exact) mass is 338 g/mol. The van der Waals surface area contributed by atoms with Crippen molar-refractivity contribution in [2.75, 3.05) is 6.79 Å². The molecule has 124 valence electrons. The van der Waals surface area contributed by atoms with E-state index in [9.17, 15) is 13.2 Å². The van der Waals surface area contributed by atoms with Crippen LogP contribution in [0.4, 0.5) is 13.2 Å². The quantitative estimate of drug-likeness (QED) is 0.715. The molecule has 0 bridgehead atoms. The zero-order valence-electron chi connectivity index (χ0n) is 12.2. The first-order chi connectivity index (χ1) is 11.4. The van der Waals surface area contributed by atoms with Crippen LogP contribution in [0.25, 0.3) is 23.0 Å². The van der Waals surface area contributed by atoms with Crippen LogP contribution in [0.1, 0.15) is 5.69 Å². The molecule has 0 aliphatic carbocycles. The number of benzene rings is 1. The van der Waals surface area contributed by atoms with Crippen LogP contribution in [0.3, 0.4) is 0 Å². The smallest absolute Gasteiger partial charge is 0.435 e. The maximum absolute atomic E-state index is 12.7. The third-order valence-corrected chi connectivity index (χ3v) is 3.43. The molecule has 1 aliphatic heterocycles.